The molecular formula is C20H17BrN2O2. The van der Waals surface area contributed by atoms with Gasteiger partial charge in [-0.3, -0.25) is 9.78 Å². The van der Waals surface area contributed by atoms with Gasteiger partial charge in [0.05, 0.1) is 12.7 Å². The van der Waals surface area contributed by atoms with Crippen LogP contribution in [0.3, 0.4) is 0 Å². The van der Waals surface area contributed by atoms with Gasteiger partial charge in [0, 0.05) is 24.5 Å². The average Bonchev–Trinajstić information content (AvgIpc) is 2.67. The van der Waals surface area contributed by atoms with Crippen LogP contribution in [0.4, 0.5) is 0 Å². The fourth-order valence-electron chi connectivity index (χ4n) is 2.82. The second-order valence-corrected chi connectivity index (χ2v) is 6.46. The number of methoxy groups -OCH3 is 1. The summed E-state index contributed by atoms with van der Waals surface area (Å²) in [5, 5.41) is 0. The van der Waals surface area contributed by atoms with Crippen LogP contribution in [-0.4, -0.2) is 23.4 Å². The van der Waals surface area contributed by atoms with Crippen molar-refractivity contribution in [3.05, 3.63) is 87.9 Å². The van der Waals surface area contributed by atoms with Crippen LogP contribution in [-0.2, 0) is 6.42 Å². The quantitative estimate of drug-likeness (QED) is 0.456. The van der Waals surface area contributed by atoms with E-state index < -0.39 is 0 Å². The first-order chi connectivity index (χ1) is 12.2. The fourth-order valence-corrected chi connectivity index (χ4v) is 3.05. The number of hydrogen-bond acceptors (Lipinski definition) is 4. The Morgan fingerprint density at radius 1 is 1.12 bits per heavy atom. The third-order valence-corrected chi connectivity index (χ3v) is 4.60. The van der Waals surface area contributed by atoms with Gasteiger partial charge in [0.1, 0.15) is 10.4 Å². The molecule has 4 nitrogen and oxygen atoms in total. The number of aldehydes is 1. The van der Waals surface area contributed by atoms with E-state index in [0.29, 0.717) is 11.3 Å². The van der Waals surface area contributed by atoms with E-state index in [1.54, 1.807) is 25.6 Å². The Bertz CT molecular complexity index is 851. The van der Waals surface area contributed by atoms with E-state index in [1.165, 1.54) is 5.56 Å². The molecule has 0 N–H and O–H groups in total. The van der Waals surface area contributed by atoms with E-state index in [4.69, 9.17) is 4.74 Å². The van der Waals surface area contributed by atoms with Gasteiger partial charge >= 0.3 is 0 Å². The number of halogens is 1. The van der Waals surface area contributed by atoms with Crippen molar-refractivity contribution in [2.75, 3.05) is 7.11 Å². The van der Waals surface area contributed by atoms with E-state index in [9.17, 15) is 4.79 Å². The van der Waals surface area contributed by atoms with Crippen LogP contribution in [0.15, 0.2) is 65.7 Å². The van der Waals surface area contributed by atoms with Crippen LogP contribution < -0.4 is 4.74 Å². The van der Waals surface area contributed by atoms with Crippen LogP contribution in [0.5, 0.6) is 5.75 Å². The summed E-state index contributed by atoms with van der Waals surface area (Å²) in [6.45, 7) is 0. The first-order valence-electron chi connectivity index (χ1n) is 7.84. The fraction of sp³-hybridized carbons (Fsp3) is 0.150. The van der Waals surface area contributed by atoms with Crippen LogP contribution >= 0.6 is 15.9 Å². The Kier molecular flexibility index (Phi) is 5.56. The zero-order valence-electron chi connectivity index (χ0n) is 13.7. The van der Waals surface area contributed by atoms with Gasteiger partial charge in [0.25, 0.3) is 0 Å². The maximum Gasteiger partial charge on any atom is 0.153 e. The smallest absolute Gasteiger partial charge is 0.153 e. The summed E-state index contributed by atoms with van der Waals surface area (Å²) in [7, 11) is 1.57. The summed E-state index contributed by atoms with van der Waals surface area (Å²) in [5.41, 5.74) is 3.90. The van der Waals surface area contributed by atoms with E-state index in [0.717, 1.165) is 28.4 Å². The molecule has 0 amide bonds. The molecule has 1 atom stereocenters. The molecule has 0 saturated carbocycles. The summed E-state index contributed by atoms with van der Waals surface area (Å²) in [5.74, 6) is 0.676. The second kappa shape index (κ2) is 8.03. The van der Waals surface area contributed by atoms with Gasteiger partial charge < -0.3 is 4.74 Å². The number of hydrogen-bond donors (Lipinski definition) is 0. The summed E-state index contributed by atoms with van der Waals surface area (Å²) in [6, 6.07) is 13.7. The predicted octanol–water partition coefficient (Wildman–Crippen LogP) is 4.43. The SMILES string of the molecule is COc1cc(C(Cc2ccncc2)c2ccc(Br)nc2)ccc1C=O. The van der Waals surface area contributed by atoms with Gasteiger partial charge in [0.15, 0.2) is 6.29 Å². The minimum Gasteiger partial charge on any atom is -0.496 e. The average molecular weight is 397 g/mol. The Hall–Kier alpha value is -2.53. The highest BCUT2D eigenvalue weighted by Gasteiger charge is 2.17. The molecule has 0 saturated heterocycles. The number of nitrogens with zero attached hydrogens (tertiary/aromatic N) is 2. The Morgan fingerprint density at radius 2 is 1.88 bits per heavy atom. The monoisotopic (exact) mass is 396 g/mol. The van der Waals surface area contributed by atoms with Crippen molar-refractivity contribution in [1.82, 2.24) is 9.97 Å². The van der Waals surface area contributed by atoms with Gasteiger partial charge in [-0.2, -0.15) is 0 Å². The Morgan fingerprint density at radius 3 is 2.52 bits per heavy atom. The maximum atomic E-state index is 11.2. The molecule has 25 heavy (non-hydrogen) atoms. The molecule has 0 radical (unpaired) electrons. The van der Waals surface area contributed by atoms with Gasteiger partial charge in [-0.15, -0.1) is 0 Å². The van der Waals surface area contributed by atoms with E-state index in [1.807, 2.05) is 36.5 Å². The zero-order chi connectivity index (χ0) is 17.6. The summed E-state index contributed by atoms with van der Waals surface area (Å²) in [4.78, 5) is 19.6. The van der Waals surface area contributed by atoms with Crippen molar-refractivity contribution in [2.24, 2.45) is 0 Å². The summed E-state index contributed by atoms with van der Waals surface area (Å²) in [6.07, 6.45) is 7.07. The Balaban J connectivity index is 2.04. The molecule has 3 aromatic rings. The zero-order valence-corrected chi connectivity index (χ0v) is 15.3. The molecule has 3 rings (SSSR count). The highest BCUT2D eigenvalue weighted by molar-refractivity contribution is 9.10. The number of ether oxygens (including phenoxy) is 1. The molecule has 0 aliphatic heterocycles. The van der Waals surface area contributed by atoms with Gasteiger partial charge in [-0.25, -0.2) is 4.98 Å². The Labute approximate surface area is 155 Å². The molecule has 1 unspecified atom stereocenters. The van der Waals surface area contributed by atoms with E-state index in [2.05, 4.69) is 32.0 Å². The van der Waals surface area contributed by atoms with E-state index >= 15 is 0 Å². The molecule has 0 aliphatic carbocycles. The van der Waals surface area contributed by atoms with Crippen molar-refractivity contribution < 1.29 is 9.53 Å². The highest BCUT2D eigenvalue weighted by Crippen LogP contribution is 2.32. The molecule has 0 bridgehead atoms. The lowest BCUT2D eigenvalue weighted by molar-refractivity contribution is 0.112. The molecule has 1 aromatic carbocycles. The largest absolute Gasteiger partial charge is 0.496 e. The van der Waals surface area contributed by atoms with Crippen LogP contribution in [0.25, 0.3) is 0 Å². The first-order valence-corrected chi connectivity index (χ1v) is 8.64. The number of carbonyl (C=O) groups is 1. The molecule has 0 spiro atoms. The lowest BCUT2D eigenvalue weighted by Crippen LogP contribution is -2.07. The molecule has 0 fully saturated rings. The molecule has 0 aliphatic rings. The lowest BCUT2D eigenvalue weighted by Gasteiger charge is -2.19. The molecule has 2 heterocycles. The van der Waals surface area contributed by atoms with Gasteiger partial charge in [-0.05, 0) is 69.4 Å². The molecule has 126 valence electrons. The third-order valence-electron chi connectivity index (χ3n) is 4.13. The normalized spacial score (nSPS) is 11.8. The maximum absolute atomic E-state index is 11.2. The molecule has 2 aromatic heterocycles. The second-order valence-electron chi connectivity index (χ2n) is 5.65. The van der Waals surface area contributed by atoms with Crippen LogP contribution in [0.2, 0.25) is 0 Å². The molecule has 5 heteroatoms. The predicted molar refractivity (Wildman–Crippen MR) is 100 cm³/mol. The third kappa shape index (κ3) is 4.12. The molecular weight excluding hydrogens is 380 g/mol. The van der Waals surface area contributed by atoms with Gasteiger partial charge in [0.2, 0.25) is 0 Å². The standard InChI is InChI=1S/C20H17BrN2O2/c1-25-19-11-15(2-3-17(19)13-24)18(10-14-6-8-22-9-7-14)16-4-5-20(21)23-12-16/h2-9,11-13,18H,10H2,1H3. The van der Waals surface area contributed by atoms with Crippen LogP contribution in [0.1, 0.15) is 33.0 Å². The van der Waals surface area contributed by atoms with E-state index in [-0.39, 0.29) is 5.92 Å². The van der Waals surface area contributed by atoms with Crippen molar-refractivity contribution in [2.45, 2.75) is 12.3 Å². The lowest BCUT2D eigenvalue weighted by atomic mass is 9.86. The van der Waals surface area contributed by atoms with Crippen molar-refractivity contribution in [1.29, 1.82) is 0 Å². The minimum atomic E-state index is 0.0950. The number of rotatable bonds is 6. The minimum absolute atomic E-state index is 0.0950. The number of carbonyl (C=O) groups excluding carboxylic acids is 1. The summed E-state index contributed by atoms with van der Waals surface area (Å²) >= 11 is 3.38. The first kappa shape index (κ1) is 17.3. The van der Waals surface area contributed by atoms with Crippen molar-refractivity contribution in [3.63, 3.8) is 0 Å². The topological polar surface area (TPSA) is 52.1 Å². The van der Waals surface area contributed by atoms with Crippen molar-refractivity contribution in [3.8, 4) is 5.75 Å². The number of aromatic nitrogens is 2. The summed E-state index contributed by atoms with van der Waals surface area (Å²) < 4.78 is 6.17. The van der Waals surface area contributed by atoms with Gasteiger partial charge in [-0.1, -0.05) is 12.1 Å². The van der Waals surface area contributed by atoms with Crippen LogP contribution in [0, 0.1) is 0 Å². The highest BCUT2D eigenvalue weighted by atomic mass is 79.9. The number of benzene rings is 1. The van der Waals surface area contributed by atoms with Crippen molar-refractivity contribution >= 4 is 22.2 Å². The number of pyridine rings is 2.